The van der Waals surface area contributed by atoms with E-state index in [1.165, 1.54) is 0 Å². The van der Waals surface area contributed by atoms with Crippen LogP contribution in [0, 0.1) is 5.41 Å². The Bertz CT molecular complexity index is 545. The Morgan fingerprint density at radius 3 is 2.57 bits per heavy atom. The van der Waals surface area contributed by atoms with Crippen LogP contribution in [-0.4, -0.2) is 32.2 Å². The minimum atomic E-state index is -0.327. The number of benzene rings is 1. The average Bonchev–Trinajstić information content (AvgIpc) is 3.05. The maximum atomic E-state index is 12.4. The molecule has 1 fully saturated rings. The number of carbonyl (C=O) groups is 1. The monoisotopic (exact) mass is 340 g/mol. The Morgan fingerprint density at radius 2 is 1.87 bits per heavy atom. The third kappa shape index (κ3) is 3.90. The van der Waals surface area contributed by atoms with E-state index in [9.17, 15) is 4.79 Å². The molecule has 3 rings (SSSR count). The molecule has 2 aliphatic rings. The van der Waals surface area contributed by atoms with Gasteiger partial charge in [0, 0.05) is 13.1 Å². The lowest BCUT2D eigenvalue weighted by Gasteiger charge is -2.25. The molecule has 6 heteroatoms. The number of halogens is 1. The van der Waals surface area contributed by atoms with E-state index in [2.05, 4.69) is 5.32 Å². The molecule has 128 valence electrons. The van der Waals surface area contributed by atoms with Gasteiger partial charge in [-0.05, 0) is 37.0 Å². The summed E-state index contributed by atoms with van der Waals surface area (Å²) in [5.74, 6) is 1.71. The number of hydrogen-bond acceptors (Lipinski definition) is 4. The fourth-order valence-corrected chi connectivity index (χ4v) is 3.33. The van der Waals surface area contributed by atoms with Crippen LogP contribution in [0.4, 0.5) is 0 Å². The van der Waals surface area contributed by atoms with Crippen molar-refractivity contribution in [3.8, 4) is 11.5 Å². The lowest BCUT2D eigenvalue weighted by molar-refractivity contribution is -0.130. The molecule has 1 amide bonds. The van der Waals surface area contributed by atoms with Crippen molar-refractivity contribution in [1.82, 2.24) is 5.32 Å². The molecule has 0 bridgehead atoms. The summed E-state index contributed by atoms with van der Waals surface area (Å²) in [6, 6.07) is 5.95. The van der Waals surface area contributed by atoms with Gasteiger partial charge in [-0.2, -0.15) is 0 Å². The van der Waals surface area contributed by atoms with Gasteiger partial charge in [0.15, 0.2) is 11.5 Å². The molecule has 1 aliphatic heterocycles. The first-order chi connectivity index (χ1) is 10.7. The smallest absolute Gasteiger partial charge is 0.227 e. The maximum absolute atomic E-state index is 12.4. The number of nitrogens with one attached hydrogen (secondary N) is 1. The summed E-state index contributed by atoms with van der Waals surface area (Å²) in [6.07, 6.45) is 4.82. The molecule has 0 saturated heterocycles. The van der Waals surface area contributed by atoms with Crippen LogP contribution in [0.1, 0.15) is 31.2 Å². The third-order valence-electron chi connectivity index (χ3n) is 4.74. The molecule has 5 nitrogen and oxygen atoms in total. The Morgan fingerprint density at radius 1 is 1.17 bits per heavy atom. The minimum Gasteiger partial charge on any atom is -0.486 e. The largest absolute Gasteiger partial charge is 0.486 e. The molecule has 0 atom stereocenters. The molecule has 1 aromatic carbocycles. The van der Waals surface area contributed by atoms with Crippen molar-refractivity contribution in [2.45, 2.75) is 32.1 Å². The van der Waals surface area contributed by atoms with Gasteiger partial charge >= 0.3 is 0 Å². The van der Waals surface area contributed by atoms with Crippen molar-refractivity contribution < 1.29 is 14.3 Å². The van der Waals surface area contributed by atoms with Gasteiger partial charge in [-0.3, -0.25) is 4.79 Å². The van der Waals surface area contributed by atoms with Gasteiger partial charge in [-0.15, -0.1) is 12.4 Å². The second kappa shape index (κ2) is 7.88. The van der Waals surface area contributed by atoms with Crippen molar-refractivity contribution in [3.05, 3.63) is 23.8 Å². The molecule has 0 radical (unpaired) electrons. The van der Waals surface area contributed by atoms with E-state index in [1.54, 1.807) is 0 Å². The molecule has 0 spiro atoms. The molecule has 0 aromatic heterocycles. The van der Waals surface area contributed by atoms with E-state index in [4.69, 9.17) is 15.2 Å². The van der Waals surface area contributed by atoms with Gasteiger partial charge in [0.05, 0.1) is 5.41 Å². The quantitative estimate of drug-likeness (QED) is 0.860. The molecule has 1 saturated carbocycles. The summed E-state index contributed by atoms with van der Waals surface area (Å²) in [5, 5.41) is 3.05. The first-order valence-corrected chi connectivity index (χ1v) is 8.10. The second-order valence-corrected chi connectivity index (χ2v) is 6.18. The Balaban J connectivity index is 0.00000192. The Kier molecular flexibility index (Phi) is 6.13. The molecule has 0 unspecified atom stereocenters. The predicted molar refractivity (Wildman–Crippen MR) is 91.3 cm³/mol. The second-order valence-electron chi connectivity index (χ2n) is 6.18. The molecule has 1 aromatic rings. The molecular formula is C17H25ClN2O3. The summed E-state index contributed by atoms with van der Waals surface area (Å²) < 4.78 is 11.1. The van der Waals surface area contributed by atoms with Crippen LogP contribution in [0.3, 0.4) is 0 Å². The van der Waals surface area contributed by atoms with Crippen LogP contribution in [-0.2, 0) is 11.2 Å². The van der Waals surface area contributed by atoms with Crippen LogP contribution in [0.25, 0.3) is 0 Å². The average molecular weight is 341 g/mol. The van der Waals surface area contributed by atoms with E-state index < -0.39 is 0 Å². The number of rotatable bonds is 5. The van der Waals surface area contributed by atoms with Crippen LogP contribution in [0.2, 0.25) is 0 Å². The molecule has 23 heavy (non-hydrogen) atoms. The summed E-state index contributed by atoms with van der Waals surface area (Å²) >= 11 is 0. The SMILES string of the molecule is Cl.NCC1(C(=O)NCCc2ccc3c(c2)OCCO3)CCCC1. The number of hydrogen-bond donors (Lipinski definition) is 2. The fourth-order valence-electron chi connectivity index (χ4n) is 3.33. The Hall–Kier alpha value is -1.46. The number of nitrogens with two attached hydrogens (primary N) is 1. The lowest BCUT2D eigenvalue weighted by Crippen LogP contribution is -2.44. The zero-order valence-electron chi connectivity index (χ0n) is 13.3. The summed E-state index contributed by atoms with van der Waals surface area (Å²) in [5.41, 5.74) is 6.65. The highest BCUT2D eigenvalue weighted by atomic mass is 35.5. The van der Waals surface area contributed by atoms with E-state index in [0.717, 1.165) is 49.2 Å². The van der Waals surface area contributed by atoms with Gasteiger partial charge in [0.2, 0.25) is 5.91 Å². The number of ether oxygens (including phenoxy) is 2. The van der Waals surface area contributed by atoms with Gasteiger partial charge in [-0.1, -0.05) is 18.9 Å². The van der Waals surface area contributed by atoms with Crippen molar-refractivity contribution >= 4 is 18.3 Å². The van der Waals surface area contributed by atoms with Crippen molar-refractivity contribution in [3.63, 3.8) is 0 Å². The molecule has 1 heterocycles. The number of fused-ring (bicyclic) bond motifs is 1. The Labute approximate surface area is 143 Å². The van der Waals surface area contributed by atoms with E-state index in [1.807, 2.05) is 18.2 Å². The zero-order valence-corrected chi connectivity index (χ0v) is 14.1. The van der Waals surface area contributed by atoms with E-state index >= 15 is 0 Å². The first kappa shape index (κ1) is 17.9. The van der Waals surface area contributed by atoms with Crippen LogP contribution in [0.15, 0.2) is 18.2 Å². The van der Waals surface area contributed by atoms with E-state index in [-0.39, 0.29) is 23.7 Å². The van der Waals surface area contributed by atoms with Crippen LogP contribution < -0.4 is 20.5 Å². The van der Waals surface area contributed by atoms with Crippen molar-refractivity contribution in [2.24, 2.45) is 11.1 Å². The highest BCUT2D eigenvalue weighted by Crippen LogP contribution is 2.37. The minimum absolute atomic E-state index is 0. The summed E-state index contributed by atoms with van der Waals surface area (Å²) in [4.78, 5) is 12.4. The van der Waals surface area contributed by atoms with E-state index in [0.29, 0.717) is 26.3 Å². The topological polar surface area (TPSA) is 73.6 Å². The normalized spacial score (nSPS) is 18.1. The van der Waals surface area contributed by atoms with Gasteiger partial charge in [0.25, 0.3) is 0 Å². The predicted octanol–water partition coefficient (Wildman–Crippen LogP) is 2.06. The molecule has 3 N–H and O–H groups in total. The van der Waals surface area contributed by atoms with Gasteiger partial charge < -0.3 is 20.5 Å². The van der Waals surface area contributed by atoms with Gasteiger partial charge in [0.1, 0.15) is 13.2 Å². The standard InChI is InChI=1S/C17H24N2O3.ClH/c18-12-17(6-1-2-7-17)16(20)19-8-5-13-3-4-14-15(11-13)22-10-9-21-14;/h3-4,11H,1-2,5-10,12,18H2,(H,19,20);1H. The third-order valence-corrected chi connectivity index (χ3v) is 4.74. The van der Waals surface area contributed by atoms with Crippen LogP contribution in [0.5, 0.6) is 11.5 Å². The van der Waals surface area contributed by atoms with Gasteiger partial charge in [-0.25, -0.2) is 0 Å². The summed E-state index contributed by atoms with van der Waals surface area (Å²) in [7, 11) is 0. The first-order valence-electron chi connectivity index (χ1n) is 8.10. The number of amides is 1. The highest BCUT2D eigenvalue weighted by molar-refractivity contribution is 5.85. The zero-order chi connectivity index (χ0) is 15.4. The van der Waals surface area contributed by atoms with Crippen molar-refractivity contribution in [1.29, 1.82) is 0 Å². The maximum Gasteiger partial charge on any atom is 0.227 e. The van der Waals surface area contributed by atoms with Crippen LogP contribution >= 0.6 is 12.4 Å². The highest BCUT2D eigenvalue weighted by Gasteiger charge is 2.39. The lowest BCUT2D eigenvalue weighted by atomic mass is 9.85. The number of carbonyl (C=O) groups excluding carboxylic acids is 1. The summed E-state index contributed by atoms with van der Waals surface area (Å²) in [6.45, 7) is 2.26. The molecular weight excluding hydrogens is 316 g/mol. The van der Waals surface area contributed by atoms with Crippen molar-refractivity contribution in [2.75, 3.05) is 26.3 Å². The molecule has 1 aliphatic carbocycles. The fraction of sp³-hybridized carbons (Fsp3) is 0.588.